The van der Waals surface area contributed by atoms with E-state index >= 15 is 0 Å². The Morgan fingerprint density at radius 3 is 2.75 bits per heavy atom. The summed E-state index contributed by atoms with van der Waals surface area (Å²) >= 11 is 0. The van der Waals surface area contributed by atoms with E-state index in [9.17, 15) is 0 Å². The van der Waals surface area contributed by atoms with Gasteiger partial charge < -0.3 is 14.8 Å². The largest absolute Gasteiger partial charge is 0.383 e. The molecule has 3 nitrogen and oxygen atoms in total. The summed E-state index contributed by atoms with van der Waals surface area (Å²) in [6, 6.07) is 0. The zero-order valence-corrected chi connectivity index (χ0v) is 14.0. The van der Waals surface area contributed by atoms with Crippen LogP contribution in [0.25, 0.3) is 0 Å². The van der Waals surface area contributed by atoms with Crippen LogP contribution in [0.4, 0.5) is 0 Å². The van der Waals surface area contributed by atoms with Crippen LogP contribution >= 0.6 is 0 Å². The lowest BCUT2D eigenvalue weighted by molar-refractivity contribution is 0.0464. The second-order valence-electron chi connectivity index (χ2n) is 6.42. The lowest BCUT2D eigenvalue weighted by Gasteiger charge is -2.36. The van der Waals surface area contributed by atoms with Gasteiger partial charge in [0.05, 0.1) is 12.7 Å². The second kappa shape index (κ2) is 9.75. The van der Waals surface area contributed by atoms with E-state index < -0.39 is 0 Å². The Kier molecular flexibility index (Phi) is 8.74. The predicted octanol–water partition coefficient (Wildman–Crippen LogP) is 3.62. The maximum Gasteiger partial charge on any atom is 0.0616 e. The average Bonchev–Trinajstić information content (AvgIpc) is 2.81. The van der Waals surface area contributed by atoms with Crippen LogP contribution in [-0.2, 0) is 9.47 Å². The zero-order chi connectivity index (χ0) is 14.8. The monoisotopic (exact) mass is 285 g/mol. The van der Waals surface area contributed by atoms with Crippen LogP contribution in [0.2, 0.25) is 0 Å². The van der Waals surface area contributed by atoms with Crippen LogP contribution in [0.1, 0.15) is 59.3 Å². The van der Waals surface area contributed by atoms with Crippen molar-refractivity contribution in [2.24, 2.45) is 11.3 Å². The summed E-state index contributed by atoms with van der Waals surface area (Å²) in [5, 5.41) is 3.58. The number of unbranched alkanes of at least 4 members (excludes halogenated alkanes) is 1. The first-order valence-corrected chi connectivity index (χ1v) is 8.49. The van der Waals surface area contributed by atoms with Gasteiger partial charge in [-0.2, -0.15) is 0 Å². The maximum absolute atomic E-state index is 5.90. The molecule has 3 unspecified atom stereocenters. The highest BCUT2D eigenvalue weighted by Crippen LogP contribution is 2.42. The van der Waals surface area contributed by atoms with Crippen LogP contribution in [0.15, 0.2) is 0 Å². The molecule has 1 heterocycles. The van der Waals surface area contributed by atoms with E-state index in [2.05, 4.69) is 26.1 Å². The normalized spacial score (nSPS) is 27.9. The fraction of sp³-hybridized carbons (Fsp3) is 1.00. The summed E-state index contributed by atoms with van der Waals surface area (Å²) in [4.78, 5) is 0. The van der Waals surface area contributed by atoms with Crippen molar-refractivity contribution in [2.75, 3.05) is 33.4 Å². The summed E-state index contributed by atoms with van der Waals surface area (Å²) in [5.41, 5.74) is 0.335. The quantitative estimate of drug-likeness (QED) is 0.588. The molecule has 3 atom stereocenters. The van der Waals surface area contributed by atoms with Crippen LogP contribution in [0.5, 0.6) is 0 Å². The van der Waals surface area contributed by atoms with Crippen molar-refractivity contribution in [3.05, 3.63) is 0 Å². The molecule has 1 rings (SSSR count). The van der Waals surface area contributed by atoms with E-state index in [0.29, 0.717) is 11.5 Å². The Balaban J connectivity index is 2.53. The van der Waals surface area contributed by atoms with Crippen molar-refractivity contribution in [3.63, 3.8) is 0 Å². The molecule has 1 saturated heterocycles. The van der Waals surface area contributed by atoms with Crippen LogP contribution in [0, 0.1) is 11.3 Å². The summed E-state index contributed by atoms with van der Waals surface area (Å²) in [5.74, 6) is 0.850. The lowest BCUT2D eigenvalue weighted by atomic mass is 9.72. The minimum absolute atomic E-state index is 0.335. The first-order chi connectivity index (χ1) is 9.68. The molecule has 1 N–H and O–H groups in total. The number of ether oxygens (including phenoxy) is 2. The number of nitrogens with one attached hydrogen (secondary N) is 1. The van der Waals surface area contributed by atoms with E-state index in [4.69, 9.17) is 9.47 Å². The molecule has 1 fully saturated rings. The summed E-state index contributed by atoms with van der Waals surface area (Å²) < 4.78 is 11.0. The molecule has 20 heavy (non-hydrogen) atoms. The van der Waals surface area contributed by atoms with Crippen molar-refractivity contribution >= 4 is 0 Å². The predicted molar refractivity (Wildman–Crippen MR) is 85.1 cm³/mol. The molecule has 1 aliphatic rings. The Morgan fingerprint density at radius 2 is 2.20 bits per heavy atom. The van der Waals surface area contributed by atoms with Gasteiger partial charge in [-0.05, 0) is 25.7 Å². The summed E-state index contributed by atoms with van der Waals surface area (Å²) in [7, 11) is 1.76. The van der Waals surface area contributed by atoms with E-state index in [1.807, 2.05) is 0 Å². The Bertz CT molecular complexity index is 247. The smallest absolute Gasteiger partial charge is 0.0616 e. The third-order valence-corrected chi connectivity index (χ3v) is 5.03. The van der Waals surface area contributed by atoms with Crippen LogP contribution in [-0.4, -0.2) is 39.5 Å². The minimum atomic E-state index is 0.335. The fourth-order valence-corrected chi connectivity index (χ4v) is 3.42. The van der Waals surface area contributed by atoms with Gasteiger partial charge in [-0.1, -0.05) is 39.5 Å². The highest BCUT2D eigenvalue weighted by molar-refractivity contribution is 4.93. The number of rotatable bonds is 11. The molecule has 0 amide bonds. The van der Waals surface area contributed by atoms with Crippen molar-refractivity contribution in [1.29, 1.82) is 0 Å². The van der Waals surface area contributed by atoms with Crippen molar-refractivity contribution in [3.8, 4) is 0 Å². The zero-order valence-electron chi connectivity index (χ0n) is 14.0. The molecule has 0 saturated carbocycles. The van der Waals surface area contributed by atoms with Crippen molar-refractivity contribution in [1.82, 2.24) is 5.32 Å². The van der Waals surface area contributed by atoms with Gasteiger partial charge in [-0.3, -0.25) is 0 Å². The molecule has 0 aromatic rings. The molecule has 0 aromatic heterocycles. The Labute approximate surface area is 125 Å². The fourth-order valence-electron chi connectivity index (χ4n) is 3.42. The SMILES string of the molecule is CCCCC(CC)CC1(CNCCOC)CCOC1C. The van der Waals surface area contributed by atoms with Gasteiger partial charge >= 0.3 is 0 Å². The van der Waals surface area contributed by atoms with Gasteiger partial charge in [0, 0.05) is 32.2 Å². The van der Waals surface area contributed by atoms with Crippen LogP contribution < -0.4 is 5.32 Å². The van der Waals surface area contributed by atoms with Gasteiger partial charge in [-0.25, -0.2) is 0 Å². The highest BCUT2D eigenvalue weighted by Gasteiger charge is 2.42. The van der Waals surface area contributed by atoms with Crippen LogP contribution in [0.3, 0.4) is 0 Å². The molecule has 120 valence electrons. The summed E-state index contributed by atoms with van der Waals surface area (Å²) in [6.07, 6.45) is 8.24. The third kappa shape index (κ3) is 5.34. The molecule has 0 radical (unpaired) electrons. The van der Waals surface area contributed by atoms with Gasteiger partial charge in [0.1, 0.15) is 0 Å². The first-order valence-electron chi connectivity index (χ1n) is 8.49. The van der Waals surface area contributed by atoms with Crippen molar-refractivity contribution < 1.29 is 9.47 Å². The van der Waals surface area contributed by atoms with E-state index in [0.717, 1.165) is 32.2 Å². The second-order valence-corrected chi connectivity index (χ2v) is 6.42. The van der Waals surface area contributed by atoms with E-state index in [-0.39, 0.29) is 0 Å². The standard InChI is InChI=1S/C17H35NO2/c1-5-7-8-16(6-2)13-17(9-11-20-15(17)3)14-18-10-12-19-4/h15-16,18H,5-14H2,1-4H3. The maximum atomic E-state index is 5.90. The molecule has 0 spiro atoms. The first kappa shape index (κ1) is 17.9. The number of hydrogen-bond donors (Lipinski definition) is 1. The summed E-state index contributed by atoms with van der Waals surface area (Å²) in [6.45, 7) is 10.6. The lowest BCUT2D eigenvalue weighted by Crippen LogP contribution is -2.42. The molecular weight excluding hydrogens is 250 g/mol. The van der Waals surface area contributed by atoms with E-state index in [1.165, 1.54) is 38.5 Å². The molecular formula is C17H35NO2. The molecule has 0 aromatic carbocycles. The Morgan fingerprint density at radius 1 is 1.40 bits per heavy atom. The van der Waals surface area contributed by atoms with Crippen molar-refractivity contribution in [2.45, 2.75) is 65.4 Å². The van der Waals surface area contributed by atoms with Gasteiger partial charge in [-0.15, -0.1) is 0 Å². The molecule has 0 aliphatic carbocycles. The molecule has 3 heteroatoms. The Hall–Kier alpha value is -0.120. The average molecular weight is 285 g/mol. The van der Waals surface area contributed by atoms with Gasteiger partial charge in [0.2, 0.25) is 0 Å². The third-order valence-electron chi connectivity index (χ3n) is 5.03. The van der Waals surface area contributed by atoms with Gasteiger partial charge in [0.25, 0.3) is 0 Å². The highest BCUT2D eigenvalue weighted by atomic mass is 16.5. The molecule has 0 bridgehead atoms. The number of hydrogen-bond acceptors (Lipinski definition) is 3. The van der Waals surface area contributed by atoms with E-state index in [1.54, 1.807) is 7.11 Å². The topological polar surface area (TPSA) is 30.5 Å². The minimum Gasteiger partial charge on any atom is -0.383 e. The molecule has 1 aliphatic heterocycles. The van der Waals surface area contributed by atoms with Gasteiger partial charge in [0.15, 0.2) is 0 Å². The number of methoxy groups -OCH3 is 1.